The fourth-order valence-corrected chi connectivity index (χ4v) is 1.74. The van der Waals surface area contributed by atoms with Crippen molar-refractivity contribution < 1.29 is 19.8 Å². The van der Waals surface area contributed by atoms with Crippen molar-refractivity contribution in [2.75, 3.05) is 17.2 Å². The van der Waals surface area contributed by atoms with Crippen molar-refractivity contribution >= 4 is 23.3 Å². The number of carbonyl (C=O) groups is 2. The number of aliphatic carboxylic acids is 1. The smallest absolute Gasteiger partial charge is 0.335 e. The normalized spacial score (nSPS) is 11.9. The maximum atomic E-state index is 11.0. The Kier molecular flexibility index (Phi) is 4.14. The second kappa shape index (κ2) is 5.39. The van der Waals surface area contributed by atoms with E-state index in [4.69, 9.17) is 15.9 Å². The number of hydrogen-bond donors (Lipinski definition) is 3. The lowest BCUT2D eigenvalue weighted by molar-refractivity contribution is -0.138. The Morgan fingerprint density at radius 1 is 1.39 bits per heavy atom. The van der Waals surface area contributed by atoms with Crippen molar-refractivity contribution in [1.82, 2.24) is 0 Å². The minimum absolute atomic E-state index is 0.0790. The molecule has 1 rings (SSSR count). The maximum absolute atomic E-state index is 11.0. The average Bonchev–Trinajstić information content (AvgIpc) is 2.31. The molecule has 98 valence electrons. The number of carboxylic acids is 2. The van der Waals surface area contributed by atoms with Crippen molar-refractivity contribution in [1.29, 1.82) is 0 Å². The van der Waals surface area contributed by atoms with Crippen LogP contribution < -0.4 is 10.6 Å². The quantitative estimate of drug-likeness (QED) is 0.682. The number of nitrogens with zero attached hydrogens (tertiary/aromatic N) is 1. The van der Waals surface area contributed by atoms with E-state index >= 15 is 0 Å². The van der Waals surface area contributed by atoms with E-state index in [1.54, 1.807) is 11.8 Å². The molecule has 1 unspecified atom stereocenters. The first-order chi connectivity index (χ1) is 8.38. The molecule has 1 aromatic carbocycles. The summed E-state index contributed by atoms with van der Waals surface area (Å²) in [6, 6.07) is 3.54. The molecule has 4 N–H and O–H groups in total. The highest BCUT2D eigenvalue weighted by Crippen LogP contribution is 2.26. The van der Waals surface area contributed by atoms with E-state index in [1.165, 1.54) is 18.2 Å². The molecule has 0 amide bonds. The first kappa shape index (κ1) is 13.8. The molecule has 0 aliphatic rings. The standard InChI is InChI=1S/C12H16N2O4/c1-3-14(7(2)11(15)16)10-5-4-8(12(17)18)6-9(10)13/h4-7H,3,13H2,1-2H3,(H,15,16)(H,17,18). The summed E-state index contributed by atoms with van der Waals surface area (Å²) in [5, 5.41) is 17.8. The third kappa shape index (κ3) is 2.71. The number of benzene rings is 1. The third-order valence-electron chi connectivity index (χ3n) is 2.75. The lowest BCUT2D eigenvalue weighted by Gasteiger charge is -2.28. The first-order valence-electron chi connectivity index (χ1n) is 5.50. The van der Waals surface area contributed by atoms with Crippen molar-refractivity contribution in [2.45, 2.75) is 19.9 Å². The lowest BCUT2D eigenvalue weighted by Crippen LogP contribution is -2.39. The van der Waals surface area contributed by atoms with Crippen molar-refractivity contribution in [3.8, 4) is 0 Å². The fourth-order valence-electron chi connectivity index (χ4n) is 1.74. The van der Waals surface area contributed by atoms with Gasteiger partial charge >= 0.3 is 11.9 Å². The van der Waals surface area contributed by atoms with Crippen LogP contribution in [0.1, 0.15) is 24.2 Å². The second-order valence-corrected chi connectivity index (χ2v) is 3.88. The monoisotopic (exact) mass is 252 g/mol. The van der Waals surface area contributed by atoms with Crippen LogP contribution in [0.4, 0.5) is 11.4 Å². The minimum Gasteiger partial charge on any atom is -0.480 e. The first-order valence-corrected chi connectivity index (χ1v) is 5.50. The van der Waals surface area contributed by atoms with E-state index in [0.29, 0.717) is 12.2 Å². The molecule has 0 radical (unpaired) electrons. The Morgan fingerprint density at radius 3 is 2.39 bits per heavy atom. The summed E-state index contributed by atoms with van der Waals surface area (Å²) in [6.07, 6.45) is 0. The van der Waals surface area contributed by atoms with Gasteiger partial charge in [-0.05, 0) is 32.0 Å². The van der Waals surface area contributed by atoms with Crippen molar-refractivity contribution in [2.24, 2.45) is 0 Å². The van der Waals surface area contributed by atoms with Crippen molar-refractivity contribution in [3.63, 3.8) is 0 Å². The molecule has 18 heavy (non-hydrogen) atoms. The molecule has 6 heteroatoms. The van der Waals surface area contributed by atoms with Crippen LogP contribution in [0.5, 0.6) is 0 Å². The molecule has 1 atom stereocenters. The van der Waals surface area contributed by atoms with Gasteiger partial charge in [-0.25, -0.2) is 9.59 Å². The van der Waals surface area contributed by atoms with Gasteiger partial charge in [0.1, 0.15) is 6.04 Å². The van der Waals surface area contributed by atoms with Crippen LogP contribution in [0, 0.1) is 0 Å². The molecule has 0 aromatic heterocycles. The van der Waals surface area contributed by atoms with Crippen LogP contribution in [0.2, 0.25) is 0 Å². The Balaban J connectivity index is 3.15. The third-order valence-corrected chi connectivity index (χ3v) is 2.75. The Hall–Kier alpha value is -2.24. The van der Waals surface area contributed by atoms with Crippen LogP contribution in [0.15, 0.2) is 18.2 Å². The van der Waals surface area contributed by atoms with E-state index in [-0.39, 0.29) is 11.3 Å². The highest BCUT2D eigenvalue weighted by molar-refractivity contribution is 5.91. The Morgan fingerprint density at radius 2 is 2.00 bits per heavy atom. The van der Waals surface area contributed by atoms with E-state index in [9.17, 15) is 9.59 Å². The van der Waals surface area contributed by atoms with Gasteiger partial charge in [0.15, 0.2) is 0 Å². The largest absolute Gasteiger partial charge is 0.480 e. The molecule has 0 saturated carbocycles. The van der Waals surface area contributed by atoms with E-state index < -0.39 is 18.0 Å². The highest BCUT2D eigenvalue weighted by atomic mass is 16.4. The maximum Gasteiger partial charge on any atom is 0.335 e. The molecule has 0 aliphatic carbocycles. The zero-order chi connectivity index (χ0) is 13.9. The summed E-state index contributed by atoms with van der Waals surface area (Å²) in [4.78, 5) is 23.4. The number of likely N-dealkylation sites (N-methyl/N-ethyl adjacent to an activating group) is 1. The molecule has 0 fully saturated rings. The average molecular weight is 252 g/mol. The number of rotatable bonds is 5. The number of anilines is 2. The molecule has 6 nitrogen and oxygen atoms in total. The molecule has 0 heterocycles. The zero-order valence-electron chi connectivity index (χ0n) is 10.3. The van der Waals surface area contributed by atoms with Gasteiger partial charge in [0.2, 0.25) is 0 Å². The topological polar surface area (TPSA) is 104 Å². The number of aromatic carboxylic acids is 1. The van der Waals surface area contributed by atoms with E-state index in [0.717, 1.165) is 0 Å². The minimum atomic E-state index is -1.07. The van der Waals surface area contributed by atoms with E-state index in [2.05, 4.69) is 0 Å². The molecule has 0 saturated heterocycles. The molecule has 1 aromatic rings. The van der Waals surface area contributed by atoms with Crippen LogP contribution in [0.3, 0.4) is 0 Å². The van der Waals surface area contributed by atoms with Gasteiger partial charge in [-0.1, -0.05) is 0 Å². The Labute approximate surface area is 105 Å². The van der Waals surface area contributed by atoms with Crippen LogP contribution in [0.25, 0.3) is 0 Å². The summed E-state index contributed by atoms with van der Waals surface area (Å²) >= 11 is 0. The van der Waals surface area contributed by atoms with Gasteiger partial charge in [0, 0.05) is 6.54 Å². The summed E-state index contributed by atoms with van der Waals surface area (Å²) in [5.74, 6) is -2.03. The van der Waals surface area contributed by atoms with E-state index in [1.807, 2.05) is 6.92 Å². The number of carboxylic acid groups (broad SMARTS) is 2. The van der Waals surface area contributed by atoms with Gasteiger partial charge in [-0.15, -0.1) is 0 Å². The highest BCUT2D eigenvalue weighted by Gasteiger charge is 2.21. The van der Waals surface area contributed by atoms with Crippen LogP contribution in [-0.4, -0.2) is 34.7 Å². The summed E-state index contributed by atoms with van der Waals surface area (Å²) in [5.41, 5.74) is 6.63. The summed E-state index contributed by atoms with van der Waals surface area (Å²) in [7, 11) is 0. The molecular formula is C12H16N2O4. The van der Waals surface area contributed by atoms with Crippen LogP contribution in [-0.2, 0) is 4.79 Å². The van der Waals surface area contributed by atoms with Gasteiger partial charge in [0.25, 0.3) is 0 Å². The molecule has 0 bridgehead atoms. The zero-order valence-corrected chi connectivity index (χ0v) is 10.3. The number of hydrogen-bond acceptors (Lipinski definition) is 4. The predicted molar refractivity (Wildman–Crippen MR) is 67.9 cm³/mol. The number of nitrogen functional groups attached to an aromatic ring is 1. The predicted octanol–water partition coefficient (Wildman–Crippen LogP) is 1.27. The fraction of sp³-hybridized carbons (Fsp3) is 0.333. The van der Waals surface area contributed by atoms with Gasteiger partial charge < -0.3 is 20.8 Å². The summed E-state index contributed by atoms with van der Waals surface area (Å²) < 4.78 is 0. The second-order valence-electron chi connectivity index (χ2n) is 3.88. The molecular weight excluding hydrogens is 236 g/mol. The van der Waals surface area contributed by atoms with Crippen molar-refractivity contribution in [3.05, 3.63) is 23.8 Å². The Bertz CT molecular complexity index is 473. The van der Waals surface area contributed by atoms with Gasteiger partial charge in [-0.2, -0.15) is 0 Å². The van der Waals surface area contributed by atoms with Gasteiger partial charge in [0.05, 0.1) is 16.9 Å². The summed E-state index contributed by atoms with van der Waals surface area (Å²) in [6.45, 7) is 3.82. The SMILES string of the molecule is CCN(c1ccc(C(=O)O)cc1N)C(C)C(=O)O. The van der Waals surface area contributed by atoms with Crippen LogP contribution >= 0.6 is 0 Å². The number of nitrogens with two attached hydrogens (primary N) is 1. The molecule has 0 aliphatic heterocycles. The van der Waals surface area contributed by atoms with Gasteiger partial charge in [-0.3, -0.25) is 0 Å². The lowest BCUT2D eigenvalue weighted by atomic mass is 10.1. The molecule has 0 spiro atoms.